The number of rotatable bonds is 2. The maximum Gasteiger partial charge on any atom is 0.123 e. The van der Waals surface area contributed by atoms with Gasteiger partial charge >= 0.3 is 0 Å². The van der Waals surface area contributed by atoms with Gasteiger partial charge in [0, 0.05) is 21.6 Å². The Morgan fingerprint density at radius 2 is 1.83 bits per heavy atom. The van der Waals surface area contributed by atoms with Gasteiger partial charge in [-0.05, 0) is 47.9 Å². The van der Waals surface area contributed by atoms with Crippen molar-refractivity contribution in [3.63, 3.8) is 0 Å². The van der Waals surface area contributed by atoms with Crippen LogP contribution < -0.4 is 0 Å². The lowest BCUT2D eigenvalue weighted by atomic mass is 10.0. The van der Waals surface area contributed by atoms with Crippen LogP contribution in [0.5, 0.6) is 0 Å². The maximum atomic E-state index is 13.3. The van der Waals surface area contributed by atoms with E-state index in [0.717, 1.165) is 27.4 Å². The summed E-state index contributed by atoms with van der Waals surface area (Å²) < 4.78 is 14.3. The highest BCUT2D eigenvalue weighted by Crippen LogP contribution is 2.22. The molecule has 0 saturated carbocycles. The third-order valence-corrected chi connectivity index (χ3v) is 3.57. The fraction of sp³-hybridized carbons (Fsp3) is 0.0667. The summed E-state index contributed by atoms with van der Waals surface area (Å²) in [6.07, 6.45) is 2.75. The number of halogens is 2. The lowest BCUT2D eigenvalue weighted by molar-refractivity contribution is 0.629. The molecule has 0 spiro atoms. The van der Waals surface area contributed by atoms with Crippen molar-refractivity contribution in [2.24, 2.45) is 0 Å². The Bertz CT molecular complexity index is 685. The summed E-state index contributed by atoms with van der Waals surface area (Å²) in [6.45, 7) is 0. The summed E-state index contributed by atoms with van der Waals surface area (Å²) in [7, 11) is 0. The first-order chi connectivity index (χ1) is 8.72. The zero-order valence-corrected chi connectivity index (χ0v) is 11.2. The molecule has 0 atom stereocenters. The average Bonchev–Trinajstić information content (AvgIpc) is 2.75. The largest absolute Gasteiger partial charge is 0.361 e. The normalized spacial score (nSPS) is 11.0. The van der Waals surface area contributed by atoms with Gasteiger partial charge < -0.3 is 4.98 Å². The van der Waals surface area contributed by atoms with E-state index in [-0.39, 0.29) is 5.82 Å². The summed E-state index contributed by atoms with van der Waals surface area (Å²) in [5.41, 5.74) is 3.30. The molecule has 1 aromatic heterocycles. The maximum absolute atomic E-state index is 13.3. The van der Waals surface area contributed by atoms with Crippen LogP contribution in [0.2, 0.25) is 0 Å². The van der Waals surface area contributed by atoms with E-state index in [1.165, 1.54) is 11.6 Å². The van der Waals surface area contributed by atoms with Crippen molar-refractivity contribution >= 4 is 26.8 Å². The first-order valence-corrected chi connectivity index (χ1v) is 6.51. The van der Waals surface area contributed by atoms with E-state index < -0.39 is 0 Å². The third-order valence-electron chi connectivity index (χ3n) is 3.04. The second-order valence-corrected chi connectivity index (χ2v) is 5.22. The Balaban J connectivity index is 1.99. The van der Waals surface area contributed by atoms with E-state index in [9.17, 15) is 4.39 Å². The zero-order chi connectivity index (χ0) is 12.5. The van der Waals surface area contributed by atoms with E-state index in [0.29, 0.717) is 0 Å². The Kier molecular flexibility index (Phi) is 2.92. The molecule has 1 nitrogen and oxygen atoms in total. The second-order valence-electron chi connectivity index (χ2n) is 4.31. The average molecular weight is 304 g/mol. The molecular formula is C15H11BrFN. The Morgan fingerprint density at radius 3 is 2.61 bits per heavy atom. The van der Waals surface area contributed by atoms with Crippen molar-refractivity contribution in [3.05, 3.63) is 70.1 Å². The van der Waals surface area contributed by atoms with Gasteiger partial charge in [0.05, 0.1) is 0 Å². The van der Waals surface area contributed by atoms with Crippen molar-refractivity contribution in [3.8, 4) is 0 Å². The molecule has 0 unspecified atom stereocenters. The summed E-state index contributed by atoms with van der Waals surface area (Å²) in [4.78, 5) is 3.17. The number of fused-ring (bicyclic) bond motifs is 1. The van der Waals surface area contributed by atoms with Crippen LogP contribution in [0, 0.1) is 5.82 Å². The summed E-state index contributed by atoms with van der Waals surface area (Å²) in [6, 6.07) is 13.0. The molecule has 1 N–H and O–H groups in total. The van der Waals surface area contributed by atoms with Crippen molar-refractivity contribution in [2.45, 2.75) is 6.42 Å². The minimum Gasteiger partial charge on any atom is -0.361 e. The Morgan fingerprint density at radius 1 is 1.06 bits per heavy atom. The Labute approximate surface area is 113 Å². The molecule has 0 fully saturated rings. The molecule has 0 radical (unpaired) electrons. The van der Waals surface area contributed by atoms with Crippen molar-refractivity contribution < 1.29 is 4.39 Å². The van der Waals surface area contributed by atoms with Crippen LogP contribution in [0.3, 0.4) is 0 Å². The van der Waals surface area contributed by atoms with Gasteiger partial charge in [0.1, 0.15) is 5.82 Å². The molecule has 2 aromatic carbocycles. The first kappa shape index (κ1) is 11.5. The highest BCUT2D eigenvalue weighted by Gasteiger charge is 2.05. The monoisotopic (exact) mass is 303 g/mol. The highest BCUT2D eigenvalue weighted by molar-refractivity contribution is 9.10. The predicted molar refractivity (Wildman–Crippen MR) is 75.2 cm³/mol. The van der Waals surface area contributed by atoms with E-state index >= 15 is 0 Å². The molecular weight excluding hydrogens is 293 g/mol. The lowest BCUT2D eigenvalue weighted by Crippen LogP contribution is -1.86. The number of benzene rings is 2. The van der Waals surface area contributed by atoms with Gasteiger partial charge in [-0.15, -0.1) is 0 Å². The fourth-order valence-corrected chi connectivity index (χ4v) is 2.38. The number of nitrogens with one attached hydrogen (secondary N) is 1. The molecule has 0 aliphatic carbocycles. The van der Waals surface area contributed by atoms with Crippen molar-refractivity contribution in [1.82, 2.24) is 4.98 Å². The first-order valence-electron chi connectivity index (χ1n) is 5.72. The fourth-order valence-electron chi connectivity index (χ4n) is 2.12. The lowest BCUT2D eigenvalue weighted by Gasteiger charge is -2.01. The number of aromatic nitrogens is 1. The van der Waals surface area contributed by atoms with Gasteiger partial charge in [0.15, 0.2) is 0 Å². The Hall–Kier alpha value is -1.61. The number of aromatic amines is 1. The topological polar surface area (TPSA) is 15.8 Å². The van der Waals surface area contributed by atoms with E-state index in [1.54, 1.807) is 12.1 Å². The second kappa shape index (κ2) is 4.58. The standard InChI is InChI=1S/C15H11BrFN/c16-12-3-1-10(2-4-12)7-11-9-18-15-6-5-13(17)8-14(11)15/h1-6,8-9,18H,7H2. The minimum absolute atomic E-state index is 0.195. The minimum atomic E-state index is -0.195. The molecule has 0 bridgehead atoms. The number of hydrogen-bond acceptors (Lipinski definition) is 0. The molecule has 3 aromatic rings. The molecule has 3 rings (SSSR count). The predicted octanol–water partition coefficient (Wildman–Crippen LogP) is 4.66. The molecule has 18 heavy (non-hydrogen) atoms. The van der Waals surface area contributed by atoms with Crippen LogP contribution in [0.4, 0.5) is 4.39 Å². The van der Waals surface area contributed by atoms with E-state index in [2.05, 4.69) is 33.0 Å². The van der Waals surface area contributed by atoms with E-state index in [1.807, 2.05) is 18.3 Å². The van der Waals surface area contributed by atoms with Crippen LogP contribution in [-0.2, 0) is 6.42 Å². The van der Waals surface area contributed by atoms with Gasteiger partial charge in [-0.1, -0.05) is 28.1 Å². The summed E-state index contributed by atoms with van der Waals surface area (Å²) >= 11 is 3.42. The van der Waals surface area contributed by atoms with Crippen LogP contribution in [0.25, 0.3) is 10.9 Å². The quantitative estimate of drug-likeness (QED) is 0.708. The smallest absolute Gasteiger partial charge is 0.123 e. The SMILES string of the molecule is Fc1ccc2[nH]cc(Cc3ccc(Br)cc3)c2c1. The van der Waals surface area contributed by atoms with Crippen molar-refractivity contribution in [2.75, 3.05) is 0 Å². The highest BCUT2D eigenvalue weighted by atomic mass is 79.9. The molecule has 0 saturated heterocycles. The zero-order valence-electron chi connectivity index (χ0n) is 9.58. The van der Waals surface area contributed by atoms with Crippen LogP contribution in [0.1, 0.15) is 11.1 Å². The van der Waals surface area contributed by atoms with Crippen LogP contribution >= 0.6 is 15.9 Å². The number of hydrogen-bond donors (Lipinski definition) is 1. The molecule has 0 aliphatic rings. The molecule has 1 heterocycles. The van der Waals surface area contributed by atoms with E-state index in [4.69, 9.17) is 0 Å². The van der Waals surface area contributed by atoms with Crippen LogP contribution in [0.15, 0.2) is 53.1 Å². The van der Waals surface area contributed by atoms with Gasteiger partial charge in [0.25, 0.3) is 0 Å². The van der Waals surface area contributed by atoms with Gasteiger partial charge in [-0.2, -0.15) is 0 Å². The summed E-state index contributed by atoms with van der Waals surface area (Å²) in [5, 5.41) is 0.956. The van der Waals surface area contributed by atoms with Gasteiger partial charge in [-0.25, -0.2) is 4.39 Å². The molecule has 0 aliphatic heterocycles. The van der Waals surface area contributed by atoms with Crippen molar-refractivity contribution in [1.29, 1.82) is 0 Å². The molecule has 0 amide bonds. The summed E-state index contributed by atoms with van der Waals surface area (Å²) in [5.74, 6) is -0.195. The molecule has 90 valence electrons. The molecule has 3 heteroatoms. The number of H-pyrrole nitrogens is 1. The van der Waals surface area contributed by atoms with Crippen LogP contribution in [-0.4, -0.2) is 4.98 Å². The third kappa shape index (κ3) is 2.18. The van der Waals surface area contributed by atoms with Gasteiger partial charge in [0.2, 0.25) is 0 Å². The van der Waals surface area contributed by atoms with Gasteiger partial charge in [-0.3, -0.25) is 0 Å².